The number of halogens is 2. The number of aromatic nitrogens is 2. The molecule has 25 heavy (non-hydrogen) atoms. The minimum atomic E-state index is -0.420. The minimum absolute atomic E-state index is 0.210. The maximum absolute atomic E-state index is 13.8. The van der Waals surface area contributed by atoms with Gasteiger partial charge < -0.3 is 4.90 Å². The molecule has 1 aromatic heterocycles. The van der Waals surface area contributed by atoms with E-state index in [9.17, 15) is 13.6 Å². The molecule has 1 heterocycles. The summed E-state index contributed by atoms with van der Waals surface area (Å²) in [6, 6.07) is 13.9. The molecule has 2 aromatic carbocycles. The van der Waals surface area contributed by atoms with Crippen molar-refractivity contribution in [2.75, 3.05) is 6.54 Å². The van der Waals surface area contributed by atoms with Gasteiger partial charge in [0, 0.05) is 19.3 Å². The molecule has 0 radical (unpaired) electrons. The van der Waals surface area contributed by atoms with Crippen LogP contribution in [0, 0.1) is 11.6 Å². The van der Waals surface area contributed by atoms with Crippen LogP contribution in [0.2, 0.25) is 0 Å². The lowest BCUT2D eigenvalue weighted by Gasteiger charge is -2.20. The Kier molecular flexibility index (Phi) is 4.88. The first-order valence-electron chi connectivity index (χ1n) is 7.92. The van der Waals surface area contributed by atoms with Gasteiger partial charge in [-0.3, -0.25) is 4.79 Å². The second-order valence-corrected chi connectivity index (χ2v) is 5.55. The van der Waals surface area contributed by atoms with Gasteiger partial charge in [-0.15, -0.1) is 0 Å². The second kappa shape index (κ2) is 7.25. The number of nitrogens with zero attached hydrogens (tertiary/aromatic N) is 3. The molecule has 0 saturated heterocycles. The maximum atomic E-state index is 13.8. The Bertz CT molecular complexity index is 892. The first kappa shape index (κ1) is 16.8. The van der Waals surface area contributed by atoms with Crippen molar-refractivity contribution in [1.29, 1.82) is 0 Å². The van der Waals surface area contributed by atoms with Crippen LogP contribution in [0.15, 0.2) is 60.8 Å². The lowest BCUT2D eigenvalue weighted by atomic mass is 10.2. The standard InChI is InChI=1S/C19H17F2N3O/c1-2-23(13-14-6-5-7-15(20)12-14)19(25)17-10-11-24(22-17)18-9-4-3-8-16(18)21/h3-12H,2,13H2,1H3. The van der Waals surface area contributed by atoms with Crippen molar-refractivity contribution in [3.63, 3.8) is 0 Å². The smallest absolute Gasteiger partial charge is 0.274 e. The number of carbonyl (C=O) groups excluding carboxylic acids is 1. The van der Waals surface area contributed by atoms with Gasteiger partial charge in [-0.1, -0.05) is 24.3 Å². The van der Waals surface area contributed by atoms with Gasteiger partial charge in [0.15, 0.2) is 5.69 Å². The Balaban J connectivity index is 1.81. The highest BCUT2D eigenvalue weighted by Crippen LogP contribution is 2.14. The molecule has 128 valence electrons. The first-order chi connectivity index (χ1) is 12.1. The molecular weight excluding hydrogens is 324 g/mol. The van der Waals surface area contributed by atoms with Crippen LogP contribution in [-0.2, 0) is 6.54 Å². The number of para-hydroxylation sites is 1. The van der Waals surface area contributed by atoms with Gasteiger partial charge in [-0.2, -0.15) is 5.10 Å². The third-order valence-corrected chi connectivity index (χ3v) is 3.84. The molecule has 1 amide bonds. The molecule has 0 aliphatic heterocycles. The van der Waals surface area contributed by atoms with Crippen molar-refractivity contribution in [2.24, 2.45) is 0 Å². The highest BCUT2D eigenvalue weighted by molar-refractivity contribution is 5.92. The average Bonchev–Trinajstić information content (AvgIpc) is 3.09. The van der Waals surface area contributed by atoms with Crippen molar-refractivity contribution < 1.29 is 13.6 Å². The number of rotatable bonds is 5. The molecule has 0 fully saturated rings. The summed E-state index contributed by atoms with van der Waals surface area (Å²) in [5.74, 6) is -1.05. The molecule has 3 rings (SSSR count). The minimum Gasteiger partial charge on any atom is -0.333 e. The summed E-state index contributed by atoms with van der Waals surface area (Å²) < 4.78 is 28.5. The van der Waals surface area contributed by atoms with Gasteiger partial charge in [0.2, 0.25) is 0 Å². The zero-order chi connectivity index (χ0) is 17.8. The molecule has 0 unspecified atom stereocenters. The number of amides is 1. The normalized spacial score (nSPS) is 10.7. The molecule has 0 aliphatic rings. The number of hydrogen-bond acceptors (Lipinski definition) is 2. The van der Waals surface area contributed by atoms with E-state index in [1.807, 2.05) is 6.92 Å². The SMILES string of the molecule is CCN(Cc1cccc(F)c1)C(=O)c1ccn(-c2ccccc2F)n1. The van der Waals surface area contributed by atoms with Crippen molar-refractivity contribution in [2.45, 2.75) is 13.5 Å². The van der Waals surface area contributed by atoms with Gasteiger partial charge in [-0.05, 0) is 42.8 Å². The zero-order valence-corrected chi connectivity index (χ0v) is 13.7. The van der Waals surface area contributed by atoms with Crippen molar-refractivity contribution in [3.05, 3.63) is 83.7 Å². The predicted molar refractivity (Wildman–Crippen MR) is 90.3 cm³/mol. The predicted octanol–water partition coefficient (Wildman–Crippen LogP) is 3.81. The molecule has 0 saturated carbocycles. The molecular formula is C19H17F2N3O. The van der Waals surface area contributed by atoms with E-state index in [2.05, 4.69) is 5.10 Å². The van der Waals surface area contributed by atoms with E-state index in [0.717, 1.165) is 0 Å². The number of benzene rings is 2. The van der Waals surface area contributed by atoms with Crippen LogP contribution in [0.5, 0.6) is 0 Å². The Labute approximate surface area is 144 Å². The topological polar surface area (TPSA) is 38.1 Å². The van der Waals surface area contributed by atoms with E-state index in [4.69, 9.17) is 0 Å². The van der Waals surface area contributed by atoms with Crippen LogP contribution < -0.4 is 0 Å². The Morgan fingerprint density at radius 2 is 1.92 bits per heavy atom. The average molecular weight is 341 g/mol. The molecule has 3 aromatic rings. The van der Waals surface area contributed by atoms with E-state index in [-0.39, 0.29) is 29.7 Å². The molecule has 0 bridgehead atoms. The van der Waals surface area contributed by atoms with E-state index < -0.39 is 5.82 Å². The number of hydrogen-bond donors (Lipinski definition) is 0. The summed E-state index contributed by atoms with van der Waals surface area (Å²) in [6.45, 7) is 2.56. The van der Waals surface area contributed by atoms with Crippen molar-refractivity contribution >= 4 is 5.91 Å². The van der Waals surface area contributed by atoms with Crippen molar-refractivity contribution in [3.8, 4) is 5.69 Å². The van der Waals surface area contributed by atoms with E-state index in [1.165, 1.54) is 22.9 Å². The van der Waals surface area contributed by atoms with Crippen LogP contribution in [0.4, 0.5) is 8.78 Å². The van der Waals surface area contributed by atoms with E-state index >= 15 is 0 Å². The molecule has 0 aliphatic carbocycles. The van der Waals surface area contributed by atoms with Gasteiger partial charge in [0.25, 0.3) is 5.91 Å². The summed E-state index contributed by atoms with van der Waals surface area (Å²) >= 11 is 0. The number of carbonyl (C=O) groups is 1. The largest absolute Gasteiger partial charge is 0.333 e. The van der Waals surface area contributed by atoms with E-state index in [1.54, 1.807) is 47.5 Å². The fourth-order valence-electron chi connectivity index (χ4n) is 2.55. The Morgan fingerprint density at radius 1 is 1.12 bits per heavy atom. The second-order valence-electron chi connectivity index (χ2n) is 5.55. The van der Waals surface area contributed by atoms with Crippen LogP contribution in [0.1, 0.15) is 23.0 Å². The monoisotopic (exact) mass is 341 g/mol. The maximum Gasteiger partial charge on any atom is 0.274 e. The molecule has 6 heteroatoms. The lowest BCUT2D eigenvalue weighted by molar-refractivity contribution is 0.0746. The molecule has 0 atom stereocenters. The van der Waals surface area contributed by atoms with Gasteiger partial charge in [0.1, 0.15) is 17.3 Å². The lowest BCUT2D eigenvalue weighted by Crippen LogP contribution is -2.30. The highest BCUT2D eigenvalue weighted by Gasteiger charge is 2.18. The third-order valence-electron chi connectivity index (χ3n) is 3.84. The quantitative estimate of drug-likeness (QED) is 0.708. The van der Waals surface area contributed by atoms with Crippen LogP contribution >= 0.6 is 0 Å². The Morgan fingerprint density at radius 3 is 2.64 bits per heavy atom. The van der Waals surface area contributed by atoms with Crippen molar-refractivity contribution in [1.82, 2.24) is 14.7 Å². The van der Waals surface area contributed by atoms with E-state index in [0.29, 0.717) is 12.1 Å². The third kappa shape index (κ3) is 3.74. The fourth-order valence-corrected chi connectivity index (χ4v) is 2.55. The molecule has 0 spiro atoms. The molecule has 0 N–H and O–H groups in total. The highest BCUT2D eigenvalue weighted by atomic mass is 19.1. The first-order valence-corrected chi connectivity index (χ1v) is 7.92. The summed E-state index contributed by atoms with van der Waals surface area (Å²) in [5, 5.41) is 4.18. The summed E-state index contributed by atoms with van der Waals surface area (Å²) in [5.41, 5.74) is 1.18. The summed E-state index contributed by atoms with van der Waals surface area (Å²) in [4.78, 5) is 14.2. The van der Waals surface area contributed by atoms with Crippen LogP contribution in [-0.4, -0.2) is 27.1 Å². The fraction of sp³-hybridized carbons (Fsp3) is 0.158. The molecule has 4 nitrogen and oxygen atoms in total. The van der Waals surface area contributed by atoms with Gasteiger partial charge in [0.05, 0.1) is 0 Å². The Hall–Kier alpha value is -3.02. The van der Waals surface area contributed by atoms with Crippen LogP contribution in [0.25, 0.3) is 5.69 Å². The summed E-state index contributed by atoms with van der Waals surface area (Å²) in [6.07, 6.45) is 1.54. The van der Waals surface area contributed by atoms with Gasteiger partial charge in [-0.25, -0.2) is 13.5 Å². The van der Waals surface area contributed by atoms with Crippen LogP contribution in [0.3, 0.4) is 0 Å². The van der Waals surface area contributed by atoms with Gasteiger partial charge >= 0.3 is 0 Å². The zero-order valence-electron chi connectivity index (χ0n) is 13.7. The summed E-state index contributed by atoms with van der Waals surface area (Å²) in [7, 11) is 0.